The predicted molar refractivity (Wildman–Crippen MR) is 56.2 cm³/mol. The van der Waals surface area contributed by atoms with Crippen LogP contribution in [0.25, 0.3) is 0 Å². The molecular weight excluding hydrogens is 174 g/mol. The van der Waals surface area contributed by atoms with E-state index in [9.17, 15) is 4.79 Å². The van der Waals surface area contributed by atoms with E-state index in [0.717, 1.165) is 6.42 Å². The highest BCUT2D eigenvalue weighted by Gasteiger charge is 2.29. The van der Waals surface area contributed by atoms with Gasteiger partial charge in [0.25, 0.3) is 0 Å². The van der Waals surface area contributed by atoms with E-state index in [0.29, 0.717) is 6.42 Å². The fraction of sp³-hybridized carbons (Fsp3) is 0.417. The van der Waals surface area contributed by atoms with Crippen molar-refractivity contribution in [1.82, 2.24) is 0 Å². The number of rotatable bonds is 2. The van der Waals surface area contributed by atoms with Gasteiger partial charge in [0, 0.05) is 18.4 Å². The monoisotopic (exact) mass is 189 g/mol. The quantitative estimate of drug-likeness (QED) is 0.768. The molecular formula is C12H15NO. The fourth-order valence-electron chi connectivity index (χ4n) is 2.28. The van der Waals surface area contributed by atoms with Crippen molar-refractivity contribution in [3.63, 3.8) is 0 Å². The average Bonchev–Trinajstić information content (AvgIpc) is 2.43. The van der Waals surface area contributed by atoms with E-state index in [-0.39, 0.29) is 17.7 Å². The molecule has 0 bridgehead atoms. The molecule has 74 valence electrons. The van der Waals surface area contributed by atoms with Crippen LogP contribution in [0, 0.1) is 0 Å². The molecule has 1 aromatic carbocycles. The molecule has 0 saturated heterocycles. The number of fused-ring (bicyclic) bond motifs is 1. The summed E-state index contributed by atoms with van der Waals surface area (Å²) in [5, 5.41) is 0. The van der Waals surface area contributed by atoms with Crippen molar-refractivity contribution in [1.29, 1.82) is 0 Å². The normalized spacial score (nSPS) is 24.7. The van der Waals surface area contributed by atoms with Gasteiger partial charge in [0.15, 0.2) is 0 Å². The third kappa shape index (κ3) is 1.58. The van der Waals surface area contributed by atoms with Gasteiger partial charge in [-0.1, -0.05) is 24.3 Å². The molecule has 1 aromatic rings. The minimum atomic E-state index is 0.122. The summed E-state index contributed by atoms with van der Waals surface area (Å²) in [4.78, 5) is 11.1. The molecule has 2 rings (SSSR count). The lowest BCUT2D eigenvalue weighted by Gasteiger charge is -2.14. The van der Waals surface area contributed by atoms with Crippen LogP contribution in [0.3, 0.4) is 0 Å². The third-order valence-corrected chi connectivity index (χ3v) is 2.93. The van der Waals surface area contributed by atoms with Gasteiger partial charge in [0.1, 0.15) is 5.78 Å². The summed E-state index contributed by atoms with van der Waals surface area (Å²) in [5.74, 6) is 0.464. The topological polar surface area (TPSA) is 43.1 Å². The lowest BCUT2D eigenvalue weighted by Crippen LogP contribution is -2.26. The molecule has 14 heavy (non-hydrogen) atoms. The van der Waals surface area contributed by atoms with E-state index in [1.807, 2.05) is 12.1 Å². The van der Waals surface area contributed by atoms with Crippen LogP contribution >= 0.6 is 0 Å². The maximum Gasteiger partial charge on any atom is 0.130 e. The Hall–Kier alpha value is -1.15. The number of hydrogen-bond acceptors (Lipinski definition) is 2. The van der Waals surface area contributed by atoms with Crippen LogP contribution in [0.5, 0.6) is 0 Å². The first kappa shape index (κ1) is 9.41. The van der Waals surface area contributed by atoms with Crippen LogP contribution in [0.15, 0.2) is 24.3 Å². The molecule has 0 amide bonds. The first-order valence-corrected chi connectivity index (χ1v) is 5.01. The van der Waals surface area contributed by atoms with E-state index in [1.54, 1.807) is 6.92 Å². The van der Waals surface area contributed by atoms with Gasteiger partial charge in [-0.2, -0.15) is 0 Å². The molecule has 2 nitrogen and oxygen atoms in total. The van der Waals surface area contributed by atoms with Crippen LogP contribution in [0.1, 0.15) is 30.4 Å². The van der Waals surface area contributed by atoms with Crippen molar-refractivity contribution >= 4 is 5.78 Å². The van der Waals surface area contributed by atoms with Crippen LogP contribution in [-0.4, -0.2) is 11.8 Å². The number of ketones is 1. The summed E-state index contributed by atoms with van der Waals surface area (Å²) >= 11 is 0. The fourth-order valence-corrected chi connectivity index (χ4v) is 2.28. The Balaban J connectivity index is 2.30. The Labute approximate surface area is 84.1 Å². The highest BCUT2D eigenvalue weighted by atomic mass is 16.1. The van der Waals surface area contributed by atoms with Crippen LogP contribution in [0.4, 0.5) is 0 Å². The number of Topliss-reactive ketones (excluding diaryl/α,β-unsaturated/α-hetero) is 1. The van der Waals surface area contributed by atoms with Crippen molar-refractivity contribution in [2.24, 2.45) is 5.73 Å². The van der Waals surface area contributed by atoms with E-state index < -0.39 is 0 Å². The van der Waals surface area contributed by atoms with Gasteiger partial charge >= 0.3 is 0 Å². The Morgan fingerprint density at radius 1 is 1.50 bits per heavy atom. The summed E-state index contributed by atoms with van der Waals surface area (Å²) in [6, 6.07) is 8.37. The molecule has 0 fully saturated rings. The average molecular weight is 189 g/mol. The first-order chi connectivity index (χ1) is 6.68. The lowest BCUT2D eigenvalue weighted by atomic mass is 9.93. The van der Waals surface area contributed by atoms with Crippen molar-refractivity contribution in [2.75, 3.05) is 0 Å². The highest BCUT2D eigenvalue weighted by molar-refractivity contribution is 5.77. The van der Waals surface area contributed by atoms with E-state index in [1.165, 1.54) is 11.1 Å². The maximum absolute atomic E-state index is 11.1. The van der Waals surface area contributed by atoms with Crippen molar-refractivity contribution in [3.05, 3.63) is 35.4 Å². The number of carbonyl (C=O) groups is 1. The summed E-state index contributed by atoms with van der Waals surface area (Å²) in [5.41, 5.74) is 8.61. The van der Waals surface area contributed by atoms with Gasteiger partial charge < -0.3 is 10.5 Å². The zero-order valence-corrected chi connectivity index (χ0v) is 8.36. The molecule has 0 saturated carbocycles. The Morgan fingerprint density at radius 3 is 2.93 bits per heavy atom. The smallest absolute Gasteiger partial charge is 0.130 e. The Morgan fingerprint density at radius 2 is 2.21 bits per heavy atom. The first-order valence-electron chi connectivity index (χ1n) is 5.01. The molecule has 1 aliphatic rings. The van der Waals surface area contributed by atoms with Crippen LogP contribution in [0.2, 0.25) is 0 Å². The Bertz CT molecular complexity index is 359. The largest absolute Gasteiger partial charge is 0.327 e. The molecule has 0 aromatic heterocycles. The predicted octanol–water partition coefficient (Wildman–Crippen LogP) is 1.63. The second-order valence-corrected chi connectivity index (χ2v) is 4.08. The molecule has 2 heteroatoms. The second kappa shape index (κ2) is 3.54. The van der Waals surface area contributed by atoms with Crippen LogP contribution in [-0.2, 0) is 11.2 Å². The van der Waals surface area contributed by atoms with Gasteiger partial charge in [0.2, 0.25) is 0 Å². The number of carbonyl (C=O) groups excluding carboxylic acids is 1. The van der Waals surface area contributed by atoms with Crippen molar-refractivity contribution in [3.8, 4) is 0 Å². The molecule has 2 atom stereocenters. The maximum atomic E-state index is 11.1. The van der Waals surface area contributed by atoms with Gasteiger partial charge in [-0.3, -0.25) is 0 Å². The number of nitrogens with two attached hydrogens (primary N) is 1. The SMILES string of the molecule is CC(=O)C[C@@H]1c2ccccc2C[C@H]1N. The van der Waals surface area contributed by atoms with Crippen molar-refractivity contribution < 1.29 is 4.79 Å². The molecule has 0 heterocycles. The van der Waals surface area contributed by atoms with E-state index in [2.05, 4.69) is 12.1 Å². The van der Waals surface area contributed by atoms with Gasteiger partial charge in [-0.15, -0.1) is 0 Å². The Kier molecular flexibility index (Phi) is 2.38. The molecule has 0 radical (unpaired) electrons. The second-order valence-electron chi connectivity index (χ2n) is 4.08. The minimum absolute atomic E-state index is 0.122. The summed E-state index contributed by atoms with van der Waals surface area (Å²) < 4.78 is 0. The summed E-state index contributed by atoms with van der Waals surface area (Å²) in [6.07, 6.45) is 1.49. The molecule has 0 unspecified atom stereocenters. The molecule has 0 aliphatic heterocycles. The standard InChI is InChI=1S/C12H15NO/c1-8(14)6-11-10-5-3-2-4-9(10)7-12(11)13/h2-5,11-12H,6-7,13H2,1H3/t11-,12-/m1/s1. The molecule has 2 N–H and O–H groups in total. The van der Waals surface area contributed by atoms with Gasteiger partial charge in [0.05, 0.1) is 0 Å². The van der Waals surface area contributed by atoms with Gasteiger partial charge in [-0.05, 0) is 24.5 Å². The minimum Gasteiger partial charge on any atom is -0.327 e. The van der Waals surface area contributed by atoms with E-state index in [4.69, 9.17) is 5.73 Å². The lowest BCUT2D eigenvalue weighted by molar-refractivity contribution is -0.117. The van der Waals surface area contributed by atoms with Crippen LogP contribution < -0.4 is 5.73 Å². The number of hydrogen-bond donors (Lipinski definition) is 1. The molecule has 0 spiro atoms. The zero-order valence-electron chi connectivity index (χ0n) is 8.36. The summed E-state index contributed by atoms with van der Waals surface area (Å²) in [7, 11) is 0. The summed E-state index contributed by atoms with van der Waals surface area (Å²) in [6.45, 7) is 1.63. The van der Waals surface area contributed by atoms with Crippen molar-refractivity contribution in [2.45, 2.75) is 31.7 Å². The zero-order chi connectivity index (χ0) is 10.1. The molecule has 1 aliphatic carbocycles. The van der Waals surface area contributed by atoms with Gasteiger partial charge in [-0.25, -0.2) is 0 Å². The number of benzene rings is 1. The third-order valence-electron chi connectivity index (χ3n) is 2.93. The van der Waals surface area contributed by atoms with E-state index >= 15 is 0 Å². The highest BCUT2D eigenvalue weighted by Crippen LogP contribution is 2.34.